The molecule has 0 aliphatic heterocycles. The fourth-order valence-corrected chi connectivity index (χ4v) is 2.45. The number of nitrogens with zero attached hydrogens (tertiary/aromatic N) is 5. The maximum atomic E-state index is 13.4. The number of guanidine groups is 1. The third kappa shape index (κ3) is 7.41. The molecule has 0 aliphatic rings. The highest BCUT2D eigenvalue weighted by Gasteiger charge is 2.10. The first kappa shape index (κ1) is 23.3. The van der Waals surface area contributed by atoms with E-state index in [-0.39, 0.29) is 29.8 Å². The zero-order chi connectivity index (χ0) is 18.9. The second-order valence-corrected chi connectivity index (χ2v) is 6.12. The summed E-state index contributed by atoms with van der Waals surface area (Å²) in [7, 11) is 5.53. The van der Waals surface area contributed by atoms with Crippen LogP contribution in [-0.2, 0) is 24.9 Å². The second-order valence-electron chi connectivity index (χ2n) is 6.12. The number of rotatable bonds is 8. The first-order chi connectivity index (χ1) is 12.5. The minimum Gasteiger partial charge on any atom is -0.385 e. The van der Waals surface area contributed by atoms with E-state index in [1.165, 1.54) is 12.1 Å². The van der Waals surface area contributed by atoms with Crippen molar-refractivity contribution in [2.24, 2.45) is 12.0 Å². The third-order valence-electron chi connectivity index (χ3n) is 4.03. The Bertz CT molecular complexity index is 736. The van der Waals surface area contributed by atoms with E-state index in [1.54, 1.807) is 13.2 Å². The Balaban J connectivity index is 0.00000364. The zero-order valence-corrected chi connectivity index (χ0v) is 18.6. The highest BCUT2D eigenvalue weighted by atomic mass is 127. The summed E-state index contributed by atoms with van der Waals surface area (Å²) >= 11 is 0. The van der Waals surface area contributed by atoms with Gasteiger partial charge < -0.3 is 19.5 Å². The Morgan fingerprint density at radius 3 is 2.78 bits per heavy atom. The molecule has 1 aromatic heterocycles. The van der Waals surface area contributed by atoms with Gasteiger partial charge in [0.05, 0.1) is 0 Å². The van der Waals surface area contributed by atoms with Gasteiger partial charge in [-0.2, -0.15) is 0 Å². The molecule has 0 amide bonds. The van der Waals surface area contributed by atoms with E-state index in [1.807, 2.05) is 36.6 Å². The molecule has 0 aliphatic carbocycles. The van der Waals surface area contributed by atoms with Crippen LogP contribution in [0, 0.1) is 12.7 Å². The van der Waals surface area contributed by atoms with Crippen LogP contribution in [0.1, 0.15) is 23.6 Å². The molecule has 27 heavy (non-hydrogen) atoms. The zero-order valence-electron chi connectivity index (χ0n) is 16.3. The second kappa shape index (κ2) is 11.9. The van der Waals surface area contributed by atoms with Crippen molar-refractivity contribution in [2.75, 3.05) is 27.3 Å². The van der Waals surface area contributed by atoms with Crippen molar-refractivity contribution < 1.29 is 9.13 Å². The number of nitrogens with one attached hydrogen (secondary N) is 1. The summed E-state index contributed by atoms with van der Waals surface area (Å²) in [6.07, 6.45) is 0.867. The molecular weight excluding hydrogens is 462 g/mol. The Morgan fingerprint density at radius 1 is 1.37 bits per heavy atom. The fourth-order valence-electron chi connectivity index (χ4n) is 2.45. The van der Waals surface area contributed by atoms with Gasteiger partial charge in [-0.1, -0.05) is 12.1 Å². The van der Waals surface area contributed by atoms with Crippen LogP contribution in [0.5, 0.6) is 0 Å². The normalized spacial score (nSPS) is 11.2. The van der Waals surface area contributed by atoms with Crippen molar-refractivity contribution in [3.8, 4) is 0 Å². The van der Waals surface area contributed by atoms with Gasteiger partial charge in [-0.15, -0.1) is 34.2 Å². The van der Waals surface area contributed by atoms with Crippen LogP contribution < -0.4 is 5.32 Å². The summed E-state index contributed by atoms with van der Waals surface area (Å²) in [6, 6.07) is 6.58. The molecule has 7 nitrogen and oxygen atoms in total. The lowest BCUT2D eigenvalue weighted by atomic mass is 10.2. The van der Waals surface area contributed by atoms with Gasteiger partial charge in [0, 0.05) is 40.9 Å². The van der Waals surface area contributed by atoms with E-state index in [0.29, 0.717) is 19.7 Å². The minimum atomic E-state index is -0.239. The van der Waals surface area contributed by atoms with Gasteiger partial charge in [0.1, 0.15) is 18.2 Å². The monoisotopic (exact) mass is 490 g/mol. The van der Waals surface area contributed by atoms with E-state index in [0.717, 1.165) is 36.1 Å². The summed E-state index contributed by atoms with van der Waals surface area (Å²) in [5.41, 5.74) is 0.883. The lowest BCUT2D eigenvalue weighted by Gasteiger charge is -2.22. The Kier molecular flexibility index (Phi) is 10.2. The van der Waals surface area contributed by atoms with Crippen LogP contribution in [-0.4, -0.2) is 52.9 Å². The molecule has 0 saturated heterocycles. The van der Waals surface area contributed by atoms with Crippen molar-refractivity contribution >= 4 is 29.9 Å². The molecule has 2 rings (SSSR count). The Hall–Kier alpha value is -1.75. The van der Waals surface area contributed by atoms with Crippen LogP contribution >= 0.6 is 24.0 Å². The van der Waals surface area contributed by atoms with Gasteiger partial charge in [-0.05, 0) is 31.0 Å². The summed E-state index contributed by atoms with van der Waals surface area (Å²) < 4.78 is 20.4. The molecule has 1 heterocycles. The topological polar surface area (TPSA) is 67.6 Å². The quantitative estimate of drug-likeness (QED) is 0.267. The van der Waals surface area contributed by atoms with Crippen molar-refractivity contribution in [2.45, 2.75) is 26.4 Å². The number of hydrogen-bond donors (Lipinski definition) is 1. The van der Waals surface area contributed by atoms with Gasteiger partial charge in [-0.25, -0.2) is 9.38 Å². The number of halogens is 2. The molecule has 9 heteroatoms. The van der Waals surface area contributed by atoms with Crippen molar-refractivity contribution in [1.82, 2.24) is 25.0 Å². The molecule has 150 valence electrons. The van der Waals surface area contributed by atoms with Crippen LogP contribution in [0.2, 0.25) is 0 Å². The molecule has 1 N–H and O–H groups in total. The predicted octanol–water partition coefficient (Wildman–Crippen LogP) is 2.49. The number of aromatic nitrogens is 3. The first-order valence-corrected chi connectivity index (χ1v) is 8.59. The SMILES string of the molecule is COCCCNC(=NCc1nnc(C)n1C)N(C)Cc1cccc(F)c1.I. The lowest BCUT2D eigenvalue weighted by molar-refractivity contribution is 0.195. The van der Waals surface area contributed by atoms with Crippen LogP contribution in [0.3, 0.4) is 0 Å². The smallest absolute Gasteiger partial charge is 0.194 e. The molecule has 0 radical (unpaired) electrons. The first-order valence-electron chi connectivity index (χ1n) is 8.59. The Labute approximate surface area is 177 Å². The molecule has 0 atom stereocenters. The maximum Gasteiger partial charge on any atom is 0.194 e. The maximum absolute atomic E-state index is 13.4. The number of methoxy groups -OCH3 is 1. The number of benzene rings is 1. The van der Waals surface area contributed by atoms with E-state index in [2.05, 4.69) is 20.5 Å². The highest BCUT2D eigenvalue weighted by Crippen LogP contribution is 2.07. The Morgan fingerprint density at radius 2 is 2.15 bits per heavy atom. The van der Waals surface area contributed by atoms with Crippen LogP contribution in [0.25, 0.3) is 0 Å². The highest BCUT2D eigenvalue weighted by molar-refractivity contribution is 14.0. The summed E-state index contributed by atoms with van der Waals surface area (Å²) in [6.45, 7) is 4.28. The van der Waals surface area contributed by atoms with Crippen LogP contribution in [0.4, 0.5) is 4.39 Å². The molecule has 1 aromatic carbocycles. The average Bonchev–Trinajstić information content (AvgIpc) is 2.93. The standard InChI is InChI=1S/C18H27FN6O.HI/c1-14-22-23-17(25(14)3)12-21-18(20-9-6-10-26-4)24(2)13-15-7-5-8-16(19)11-15;/h5,7-8,11H,6,9-10,12-13H2,1-4H3,(H,20,21);1H. The van der Waals surface area contributed by atoms with Crippen molar-refractivity contribution in [1.29, 1.82) is 0 Å². The predicted molar refractivity (Wildman–Crippen MR) is 115 cm³/mol. The summed E-state index contributed by atoms with van der Waals surface area (Å²) in [4.78, 5) is 6.62. The minimum absolute atomic E-state index is 0. The van der Waals surface area contributed by atoms with E-state index in [4.69, 9.17) is 4.74 Å². The van der Waals surface area contributed by atoms with Crippen molar-refractivity contribution in [3.05, 3.63) is 47.3 Å². The van der Waals surface area contributed by atoms with Gasteiger partial charge in [-0.3, -0.25) is 0 Å². The molecule has 0 saturated carbocycles. The fraction of sp³-hybridized carbons (Fsp3) is 0.500. The van der Waals surface area contributed by atoms with Gasteiger partial charge in [0.15, 0.2) is 11.8 Å². The van der Waals surface area contributed by atoms with Gasteiger partial charge in [0.2, 0.25) is 0 Å². The third-order valence-corrected chi connectivity index (χ3v) is 4.03. The molecule has 0 unspecified atom stereocenters. The van der Waals surface area contributed by atoms with Gasteiger partial charge in [0.25, 0.3) is 0 Å². The molecule has 0 bridgehead atoms. The van der Waals surface area contributed by atoms with Crippen molar-refractivity contribution in [3.63, 3.8) is 0 Å². The summed E-state index contributed by atoms with van der Waals surface area (Å²) in [5, 5.41) is 11.5. The van der Waals surface area contributed by atoms with E-state index in [9.17, 15) is 4.39 Å². The number of aliphatic imine (C=N–C) groups is 1. The van der Waals surface area contributed by atoms with E-state index < -0.39 is 0 Å². The van der Waals surface area contributed by atoms with Gasteiger partial charge >= 0.3 is 0 Å². The van der Waals surface area contributed by atoms with Crippen LogP contribution in [0.15, 0.2) is 29.3 Å². The lowest BCUT2D eigenvalue weighted by Crippen LogP contribution is -2.39. The number of ether oxygens (including phenoxy) is 1. The number of aryl methyl sites for hydroxylation is 1. The largest absolute Gasteiger partial charge is 0.385 e. The number of hydrogen-bond acceptors (Lipinski definition) is 4. The van der Waals surface area contributed by atoms with E-state index >= 15 is 0 Å². The molecule has 0 fully saturated rings. The summed E-state index contributed by atoms with van der Waals surface area (Å²) in [5.74, 6) is 2.12. The molecule has 0 spiro atoms. The molecular formula is C18H28FIN6O. The average molecular weight is 490 g/mol. The molecule has 2 aromatic rings.